The van der Waals surface area contributed by atoms with Crippen LogP contribution in [0.15, 0.2) is 30.3 Å². The van der Waals surface area contributed by atoms with Crippen LogP contribution in [0, 0.1) is 17.2 Å². The van der Waals surface area contributed by atoms with Gasteiger partial charge in [-0.05, 0) is 67.6 Å². The second-order valence-corrected chi connectivity index (χ2v) is 10.5. The number of nitrogens with zero attached hydrogens (tertiary/aromatic N) is 2. The number of hydrogen-bond acceptors (Lipinski definition) is 9. The Balaban J connectivity index is 2.21. The Morgan fingerprint density at radius 2 is 1.61 bits per heavy atom. The van der Waals surface area contributed by atoms with Crippen molar-refractivity contribution in [3.8, 4) is 29.1 Å². The van der Waals surface area contributed by atoms with Crippen molar-refractivity contribution in [2.75, 3.05) is 55.2 Å². The molecule has 0 amide bonds. The van der Waals surface area contributed by atoms with Crippen LogP contribution in [-0.2, 0) is 16.6 Å². The lowest BCUT2D eigenvalue weighted by Gasteiger charge is -2.34. The Hall–Kier alpha value is -3.48. The molecule has 0 aliphatic carbocycles. The number of aliphatic hydroxyl groups is 1. The van der Waals surface area contributed by atoms with Crippen molar-refractivity contribution in [3.05, 3.63) is 47.0 Å². The quantitative estimate of drug-likeness (QED) is 0.207. The number of ether oxygens (including phenoxy) is 5. The predicted molar refractivity (Wildman–Crippen MR) is 158 cm³/mol. The zero-order valence-corrected chi connectivity index (χ0v) is 25.8. The molecule has 0 aliphatic heterocycles. The number of nitriles is 1. The van der Waals surface area contributed by atoms with E-state index < -0.39 is 17.5 Å². The molecular weight excluding hydrogens is 524 g/mol. The van der Waals surface area contributed by atoms with E-state index in [1.807, 2.05) is 44.9 Å². The fourth-order valence-corrected chi connectivity index (χ4v) is 4.94. The number of carbonyl (C=O) groups excluding carboxylic acids is 1. The summed E-state index contributed by atoms with van der Waals surface area (Å²) in [5, 5.41) is 21.5. The Morgan fingerprint density at radius 3 is 2.17 bits per heavy atom. The highest BCUT2D eigenvalue weighted by Gasteiger charge is 2.39. The first-order valence-electron chi connectivity index (χ1n) is 14.0. The first-order valence-corrected chi connectivity index (χ1v) is 14.0. The van der Waals surface area contributed by atoms with Gasteiger partial charge in [0.05, 0.1) is 58.2 Å². The number of methoxy groups -OCH3 is 4. The van der Waals surface area contributed by atoms with Gasteiger partial charge in [-0.15, -0.1) is 0 Å². The second kappa shape index (κ2) is 16.1. The van der Waals surface area contributed by atoms with Crippen LogP contribution in [0.2, 0.25) is 0 Å². The summed E-state index contributed by atoms with van der Waals surface area (Å²) in [6.45, 7) is 7.25. The number of carbonyl (C=O) groups is 1. The van der Waals surface area contributed by atoms with E-state index in [1.165, 1.54) is 7.11 Å². The largest absolute Gasteiger partial charge is 0.493 e. The molecule has 2 aromatic rings. The van der Waals surface area contributed by atoms with Gasteiger partial charge in [0.2, 0.25) is 0 Å². The van der Waals surface area contributed by atoms with Crippen LogP contribution in [-0.4, -0.2) is 77.3 Å². The Kier molecular flexibility index (Phi) is 13.2. The molecule has 0 saturated heterocycles. The molecule has 2 aromatic carbocycles. The van der Waals surface area contributed by atoms with E-state index in [1.54, 1.807) is 39.5 Å². The molecule has 0 saturated carbocycles. The maximum Gasteiger partial charge on any atom is 0.338 e. The molecule has 0 fully saturated rings. The average Bonchev–Trinajstić information content (AvgIpc) is 2.97. The molecule has 2 atom stereocenters. The minimum Gasteiger partial charge on any atom is -0.493 e. The Morgan fingerprint density at radius 1 is 1.00 bits per heavy atom. The second-order valence-electron chi connectivity index (χ2n) is 10.5. The van der Waals surface area contributed by atoms with Crippen molar-refractivity contribution in [1.82, 2.24) is 4.90 Å². The van der Waals surface area contributed by atoms with E-state index >= 15 is 0 Å². The van der Waals surface area contributed by atoms with Gasteiger partial charge in [0, 0.05) is 13.1 Å². The van der Waals surface area contributed by atoms with Crippen molar-refractivity contribution in [1.29, 1.82) is 5.26 Å². The lowest BCUT2D eigenvalue weighted by Crippen LogP contribution is -2.39. The number of benzene rings is 2. The highest BCUT2D eigenvalue weighted by Crippen LogP contribution is 2.40. The highest BCUT2D eigenvalue weighted by molar-refractivity contribution is 5.92. The van der Waals surface area contributed by atoms with Gasteiger partial charge in [-0.25, -0.2) is 4.79 Å². The first-order chi connectivity index (χ1) is 19.6. The van der Waals surface area contributed by atoms with Crippen LogP contribution in [0.1, 0.15) is 61.5 Å². The number of unbranched alkanes of at least 4 members (excludes halogenated alkanes) is 1. The molecule has 1 N–H and O–H groups in total. The van der Waals surface area contributed by atoms with Gasteiger partial charge in [-0.2, -0.15) is 5.26 Å². The third-order valence-electron chi connectivity index (χ3n) is 7.49. The van der Waals surface area contributed by atoms with Crippen molar-refractivity contribution in [3.63, 3.8) is 0 Å². The molecule has 0 bridgehead atoms. The van der Waals surface area contributed by atoms with Crippen molar-refractivity contribution < 1.29 is 33.6 Å². The highest BCUT2D eigenvalue weighted by atomic mass is 16.5. The van der Waals surface area contributed by atoms with Gasteiger partial charge in [-0.3, -0.25) is 0 Å². The summed E-state index contributed by atoms with van der Waals surface area (Å²) in [7, 11) is 8.11. The molecular formula is C32H46N2O7. The van der Waals surface area contributed by atoms with E-state index in [-0.39, 0.29) is 12.3 Å². The van der Waals surface area contributed by atoms with E-state index in [0.717, 1.165) is 24.0 Å². The molecule has 0 aromatic heterocycles. The monoisotopic (exact) mass is 570 g/mol. The number of aliphatic hydroxyl groups excluding tert-OH is 1. The molecule has 0 aliphatic rings. The van der Waals surface area contributed by atoms with Crippen LogP contribution >= 0.6 is 0 Å². The van der Waals surface area contributed by atoms with Gasteiger partial charge in [0.1, 0.15) is 0 Å². The third-order valence-corrected chi connectivity index (χ3v) is 7.49. The van der Waals surface area contributed by atoms with E-state index in [2.05, 4.69) is 6.07 Å². The fraction of sp³-hybridized carbons (Fsp3) is 0.562. The topological polar surface area (TPSA) is 110 Å². The van der Waals surface area contributed by atoms with Crippen molar-refractivity contribution in [2.24, 2.45) is 5.92 Å². The van der Waals surface area contributed by atoms with Gasteiger partial charge >= 0.3 is 5.97 Å². The summed E-state index contributed by atoms with van der Waals surface area (Å²) in [4.78, 5) is 14.9. The fourth-order valence-electron chi connectivity index (χ4n) is 4.94. The summed E-state index contributed by atoms with van der Waals surface area (Å²) >= 11 is 0. The van der Waals surface area contributed by atoms with Gasteiger partial charge < -0.3 is 33.7 Å². The number of rotatable bonds is 17. The number of hydrogen-bond donors (Lipinski definition) is 1. The molecule has 226 valence electrons. The number of esters is 1. The summed E-state index contributed by atoms with van der Waals surface area (Å²) in [5.74, 6) is 1.63. The minimum absolute atomic E-state index is 0.0707. The molecule has 9 heteroatoms. The van der Waals surface area contributed by atoms with E-state index in [0.29, 0.717) is 54.7 Å². The van der Waals surface area contributed by atoms with Crippen LogP contribution in [0.25, 0.3) is 0 Å². The summed E-state index contributed by atoms with van der Waals surface area (Å²) in [6.07, 6.45) is 1.70. The summed E-state index contributed by atoms with van der Waals surface area (Å²) in [6, 6.07) is 11.4. The SMILES string of the molecule is CCCCOC(=O)c1cc(OC)c(OC)cc1CCN(C)CC(O)CC(C#N)(c1ccc(OC)c(OC)c1)C(C)C. The zero-order valence-electron chi connectivity index (χ0n) is 25.8. The minimum atomic E-state index is -0.932. The Labute approximate surface area is 244 Å². The smallest absolute Gasteiger partial charge is 0.338 e. The average molecular weight is 571 g/mol. The van der Waals surface area contributed by atoms with Gasteiger partial charge in [-0.1, -0.05) is 33.3 Å². The van der Waals surface area contributed by atoms with Crippen molar-refractivity contribution >= 4 is 5.97 Å². The molecule has 0 radical (unpaired) electrons. The molecule has 0 spiro atoms. The molecule has 2 unspecified atom stereocenters. The molecule has 9 nitrogen and oxygen atoms in total. The Bertz CT molecular complexity index is 1180. The predicted octanol–water partition coefficient (Wildman–Crippen LogP) is 5.02. The molecule has 0 heterocycles. The maximum absolute atomic E-state index is 12.9. The zero-order chi connectivity index (χ0) is 30.6. The lowest BCUT2D eigenvalue weighted by molar-refractivity contribution is 0.0497. The van der Waals surface area contributed by atoms with Crippen LogP contribution in [0.5, 0.6) is 23.0 Å². The molecule has 2 rings (SSSR count). The third kappa shape index (κ3) is 8.51. The summed E-state index contributed by atoms with van der Waals surface area (Å²) < 4.78 is 27.2. The van der Waals surface area contributed by atoms with E-state index in [9.17, 15) is 15.2 Å². The van der Waals surface area contributed by atoms with Crippen LogP contribution in [0.4, 0.5) is 0 Å². The van der Waals surface area contributed by atoms with Crippen molar-refractivity contribution in [2.45, 2.75) is 58.0 Å². The van der Waals surface area contributed by atoms with E-state index in [4.69, 9.17) is 23.7 Å². The maximum atomic E-state index is 12.9. The summed E-state index contributed by atoms with van der Waals surface area (Å²) in [5.41, 5.74) is 1.04. The standard InChI is InChI=1S/C32H46N2O7/c1-9-10-15-41-31(36)26-18-30(40-8)28(38-6)16-23(26)13-14-34(4)20-25(35)19-32(21-33,22(2)3)24-11-12-27(37-5)29(17-24)39-7/h11-12,16-18,22,25,35H,9-10,13-15,19-20H2,1-8H3. The first kappa shape index (κ1) is 33.7. The van der Waals surface area contributed by atoms with Gasteiger partial charge in [0.15, 0.2) is 23.0 Å². The molecule has 41 heavy (non-hydrogen) atoms. The normalized spacial score (nSPS) is 13.3. The lowest BCUT2D eigenvalue weighted by atomic mass is 9.69. The van der Waals surface area contributed by atoms with Crippen LogP contribution in [0.3, 0.4) is 0 Å². The van der Waals surface area contributed by atoms with Gasteiger partial charge in [0.25, 0.3) is 0 Å². The van der Waals surface area contributed by atoms with Crippen LogP contribution < -0.4 is 18.9 Å². The number of likely N-dealkylation sites (N-methyl/N-ethyl adjacent to an activating group) is 1.